The summed E-state index contributed by atoms with van der Waals surface area (Å²) in [5, 5.41) is 11.9. The Morgan fingerprint density at radius 2 is 1.72 bits per heavy atom. The molecule has 0 spiro atoms. The Hall–Kier alpha value is -3.25. The van der Waals surface area contributed by atoms with Crippen LogP contribution >= 0.6 is 11.8 Å². The first-order valence-electron chi connectivity index (χ1n) is 17.4. The Morgan fingerprint density at radius 1 is 1.00 bits per heavy atom. The van der Waals surface area contributed by atoms with E-state index in [4.69, 9.17) is 9.72 Å². The maximum absolute atomic E-state index is 12.4. The SMILES string of the molecule is CC1Cc2c(OCc3ccc(-c4ccccc4)cn3)ccc3c2c(c(CC(C)(C)C(=O)O)n3CCC23CC4CC(CC(C4)C2)C3)S1. The van der Waals surface area contributed by atoms with Gasteiger partial charge in [-0.25, -0.2) is 0 Å². The predicted octanol–water partition coefficient (Wildman–Crippen LogP) is 9.58. The lowest BCUT2D eigenvalue weighted by atomic mass is 9.49. The van der Waals surface area contributed by atoms with Crippen LogP contribution in [0.5, 0.6) is 5.75 Å². The molecule has 5 nitrogen and oxygen atoms in total. The molecule has 3 heterocycles. The lowest BCUT2D eigenvalue weighted by Gasteiger charge is -2.57. The van der Waals surface area contributed by atoms with E-state index in [0.717, 1.165) is 53.3 Å². The highest BCUT2D eigenvalue weighted by molar-refractivity contribution is 8.00. The number of hydrogen-bond acceptors (Lipinski definition) is 4. The molecule has 0 amide bonds. The minimum Gasteiger partial charge on any atom is -0.487 e. The van der Waals surface area contributed by atoms with E-state index in [0.29, 0.717) is 23.7 Å². The second-order valence-electron chi connectivity index (χ2n) is 15.7. The number of benzene rings is 2. The van der Waals surface area contributed by atoms with Gasteiger partial charge in [-0.05, 0) is 112 Å². The molecule has 2 aromatic heterocycles. The van der Waals surface area contributed by atoms with E-state index >= 15 is 0 Å². The Balaban J connectivity index is 1.12. The van der Waals surface area contributed by atoms with Crippen LogP contribution < -0.4 is 4.74 Å². The number of carboxylic acid groups (broad SMARTS) is 1. The van der Waals surface area contributed by atoms with Gasteiger partial charge in [0.2, 0.25) is 0 Å². The van der Waals surface area contributed by atoms with Gasteiger partial charge in [-0.15, -0.1) is 11.8 Å². The standard InChI is InChI=1S/C40H46N2O3S/c1-25-15-32-35(45-24-31-10-9-30(23-41-31)29-7-5-4-6-8-29)12-11-33-36(32)37(46-25)34(22-39(2,3)38(43)44)42(33)14-13-40-19-26-16-27(20-40)18-28(17-26)21-40/h4-12,23,25-28H,13-22,24H2,1-3H3,(H,43,44). The molecule has 0 radical (unpaired) electrons. The number of rotatable bonds is 10. The summed E-state index contributed by atoms with van der Waals surface area (Å²) >= 11 is 1.93. The highest BCUT2D eigenvalue weighted by Gasteiger charge is 2.50. The van der Waals surface area contributed by atoms with Gasteiger partial charge < -0.3 is 14.4 Å². The smallest absolute Gasteiger partial charge is 0.309 e. The van der Waals surface area contributed by atoms with Gasteiger partial charge in [0.05, 0.1) is 11.1 Å². The van der Waals surface area contributed by atoms with E-state index in [1.807, 2.05) is 50.0 Å². The van der Waals surface area contributed by atoms with Gasteiger partial charge in [-0.3, -0.25) is 9.78 Å². The summed E-state index contributed by atoms with van der Waals surface area (Å²) in [5.41, 5.74) is 6.52. The maximum Gasteiger partial charge on any atom is 0.309 e. The first-order chi connectivity index (χ1) is 22.2. The molecule has 4 aromatic rings. The van der Waals surface area contributed by atoms with Gasteiger partial charge in [0, 0.05) is 57.0 Å². The largest absolute Gasteiger partial charge is 0.487 e. The van der Waals surface area contributed by atoms with Crippen molar-refractivity contribution in [1.29, 1.82) is 0 Å². The zero-order valence-electron chi connectivity index (χ0n) is 27.4. The zero-order valence-corrected chi connectivity index (χ0v) is 28.2. The molecule has 6 heteroatoms. The third-order valence-corrected chi connectivity index (χ3v) is 12.9. The molecule has 0 saturated heterocycles. The van der Waals surface area contributed by atoms with Gasteiger partial charge >= 0.3 is 5.97 Å². The number of aromatic nitrogens is 2. The number of nitrogens with zero attached hydrogens (tertiary/aromatic N) is 2. The van der Waals surface area contributed by atoms with E-state index in [-0.39, 0.29) is 0 Å². The number of ether oxygens (including phenoxy) is 1. The molecule has 9 rings (SSSR count). The first-order valence-corrected chi connectivity index (χ1v) is 18.2. The van der Waals surface area contributed by atoms with Crippen molar-refractivity contribution in [2.75, 3.05) is 0 Å². The van der Waals surface area contributed by atoms with E-state index in [1.54, 1.807) is 0 Å². The van der Waals surface area contributed by atoms with E-state index < -0.39 is 11.4 Å². The molecule has 4 aliphatic carbocycles. The van der Waals surface area contributed by atoms with E-state index in [1.165, 1.54) is 72.0 Å². The van der Waals surface area contributed by atoms with Crippen LogP contribution in [-0.4, -0.2) is 25.9 Å². The van der Waals surface area contributed by atoms with Crippen LogP contribution in [0, 0.1) is 28.6 Å². The van der Waals surface area contributed by atoms with Crippen molar-refractivity contribution in [2.45, 2.75) is 102 Å². The van der Waals surface area contributed by atoms with E-state index in [2.05, 4.69) is 47.9 Å². The summed E-state index contributed by atoms with van der Waals surface area (Å²) in [4.78, 5) is 18.4. The second kappa shape index (κ2) is 11.5. The van der Waals surface area contributed by atoms with Gasteiger partial charge in [-0.1, -0.05) is 43.3 Å². The van der Waals surface area contributed by atoms with Crippen molar-refractivity contribution in [3.63, 3.8) is 0 Å². The molecule has 4 saturated carbocycles. The van der Waals surface area contributed by atoms with Crippen LogP contribution in [0.25, 0.3) is 22.0 Å². The van der Waals surface area contributed by atoms with Crippen LogP contribution in [0.15, 0.2) is 65.7 Å². The molecular weight excluding hydrogens is 589 g/mol. The topological polar surface area (TPSA) is 64.3 Å². The van der Waals surface area contributed by atoms with Crippen LogP contribution in [0.3, 0.4) is 0 Å². The Labute approximate surface area is 277 Å². The third-order valence-electron chi connectivity index (χ3n) is 11.7. The average molecular weight is 635 g/mol. The van der Waals surface area contributed by atoms with Crippen molar-refractivity contribution in [1.82, 2.24) is 9.55 Å². The fraction of sp³-hybridized carbons (Fsp3) is 0.500. The minimum atomic E-state index is -0.846. The third kappa shape index (κ3) is 5.44. The van der Waals surface area contributed by atoms with Crippen molar-refractivity contribution < 1.29 is 14.6 Å². The van der Waals surface area contributed by atoms with Crippen molar-refractivity contribution >= 4 is 28.6 Å². The minimum absolute atomic E-state index is 0.384. The Bertz CT molecular complexity index is 1740. The quantitative estimate of drug-likeness (QED) is 0.188. The van der Waals surface area contributed by atoms with Crippen LogP contribution in [-0.2, 0) is 30.8 Å². The number of thioether (sulfide) groups is 1. The van der Waals surface area contributed by atoms with Crippen molar-refractivity contribution in [3.05, 3.63) is 77.7 Å². The number of pyridine rings is 1. The maximum atomic E-state index is 12.4. The van der Waals surface area contributed by atoms with Crippen LogP contribution in [0.4, 0.5) is 0 Å². The number of aryl methyl sites for hydroxylation is 1. The van der Waals surface area contributed by atoms with Crippen molar-refractivity contribution in [2.24, 2.45) is 28.6 Å². The van der Waals surface area contributed by atoms with Gasteiger partial charge in [0.15, 0.2) is 0 Å². The van der Waals surface area contributed by atoms with Gasteiger partial charge in [0.25, 0.3) is 0 Å². The lowest BCUT2D eigenvalue weighted by Crippen LogP contribution is -2.46. The van der Waals surface area contributed by atoms with Gasteiger partial charge in [0.1, 0.15) is 12.4 Å². The average Bonchev–Trinajstić information content (AvgIpc) is 3.31. The molecule has 4 bridgehead atoms. The second-order valence-corrected chi connectivity index (χ2v) is 17.2. The molecule has 46 heavy (non-hydrogen) atoms. The molecule has 2 aromatic carbocycles. The Kier molecular flexibility index (Phi) is 7.51. The summed E-state index contributed by atoms with van der Waals surface area (Å²) < 4.78 is 9.08. The Morgan fingerprint density at radius 3 is 2.37 bits per heavy atom. The van der Waals surface area contributed by atoms with Gasteiger partial charge in [-0.2, -0.15) is 0 Å². The number of hydrogen-bond donors (Lipinski definition) is 1. The normalized spacial score (nSPS) is 26.5. The number of carboxylic acids is 1. The molecule has 5 aliphatic rings. The summed E-state index contributed by atoms with van der Waals surface area (Å²) in [6.07, 6.45) is 13.2. The fourth-order valence-corrected chi connectivity index (χ4v) is 11.2. The molecule has 4 fully saturated rings. The summed E-state index contributed by atoms with van der Waals surface area (Å²) in [7, 11) is 0. The number of carbonyl (C=O) groups is 1. The van der Waals surface area contributed by atoms with E-state index in [9.17, 15) is 9.90 Å². The first kappa shape index (κ1) is 30.1. The lowest BCUT2D eigenvalue weighted by molar-refractivity contribution is -0.146. The highest BCUT2D eigenvalue weighted by Crippen LogP contribution is 2.61. The summed E-state index contributed by atoms with van der Waals surface area (Å²) in [5.74, 6) is 2.99. The molecule has 1 N–H and O–H groups in total. The molecule has 1 unspecified atom stereocenters. The van der Waals surface area contributed by atoms with Crippen molar-refractivity contribution in [3.8, 4) is 16.9 Å². The van der Waals surface area contributed by atoms with Crippen LogP contribution in [0.1, 0.15) is 82.7 Å². The zero-order chi connectivity index (χ0) is 31.6. The molecule has 240 valence electrons. The number of aliphatic carboxylic acids is 1. The van der Waals surface area contributed by atoms with Crippen LogP contribution in [0.2, 0.25) is 0 Å². The molecular formula is C40H46N2O3S. The monoisotopic (exact) mass is 634 g/mol. The fourth-order valence-electron chi connectivity index (χ4n) is 9.84. The summed E-state index contributed by atoms with van der Waals surface area (Å²) in [6, 6.07) is 18.9. The predicted molar refractivity (Wildman–Crippen MR) is 185 cm³/mol. The highest BCUT2D eigenvalue weighted by atomic mass is 32.2. The molecule has 1 aliphatic heterocycles. The molecule has 1 atom stereocenters. The summed E-state index contributed by atoms with van der Waals surface area (Å²) in [6.45, 7) is 7.44.